The normalized spacial score (nSPS) is 17.0. The summed E-state index contributed by atoms with van der Waals surface area (Å²) in [5.74, 6) is -0.318. The molecule has 0 radical (unpaired) electrons. The molecule has 0 spiro atoms. The molecule has 1 saturated heterocycles. The minimum Gasteiger partial charge on any atom is -0.325 e. The van der Waals surface area contributed by atoms with E-state index in [1.54, 1.807) is 18.2 Å². The van der Waals surface area contributed by atoms with Crippen LogP contribution in [0.1, 0.15) is 5.56 Å². The Morgan fingerprint density at radius 2 is 1.58 bits per heavy atom. The molecule has 1 N–H and O–H groups in total. The van der Waals surface area contributed by atoms with Crippen molar-refractivity contribution in [2.24, 2.45) is 0 Å². The van der Waals surface area contributed by atoms with E-state index in [1.165, 1.54) is 0 Å². The van der Waals surface area contributed by atoms with Gasteiger partial charge in [0, 0.05) is 16.5 Å². The lowest BCUT2D eigenvalue weighted by Gasteiger charge is -2.14. The van der Waals surface area contributed by atoms with Gasteiger partial charge in [-0.3, -0.25) is 4.79 Å². The molecule has 0 bridgehead atoms. The van der Waals surface area contributed by atoms with Crippen LogP contribution in [-0.2, 0) is 11.2 Å². The third kappa shape index (κ3) is 3.14. The number of rotatable bonds is 3. The molecule has 4 nitrogen and oxygen atoms in total. The van der Waals surface area contributed by atoms with Gasteiger partial charge in [-0.05, 0) is 34.5 Å². The Kier molecular flexibility index (Phi) is 4.31. The van der Waals surface area contributed by atoms with Gasteiger partial charge in [0.2, 0.25) is 0 Å². The Balaban J connectivity index is 1.60. The summed E-state index contributed by atoms with van der Waals surface area (Å²) in [6, 6.07) is 17.6. The van der Waals surface area contributed by atoms with Gasteiger partial charge in [-0.2, -0.15) is 0 Å². The van der Waals surface area contributed by atoms with Crippen LogP contribution in [0.25, 0.3) is 10.8 Å². The molecule has 0 saturated carbocycles. The van der Waals surface area contributed by atoms with Gasteiger partial charge in [-0.25, -0.2) is 9.69 Å². The summed E-state index contributed by atoms with van der Waals surface area (Å²) < 4.78 is 0. The second-order valence-corrected chi connectivity index (χ2v) is 7.06. The van der Waals surface area contributed by atoms with Gasteiger partial charge in [-0.15, -0.1) is 0 Å². The molecule has 1 atom stereocenters. The molecule has 0 aliphatic carbocycles. The fourth-order valence-electron chi connectivity index (χ4n) is 3.18. The predicted molar refractivity (Wildman–Crippen MR) is 104 cm³/mol. The SMILES string of the molecule is O=C1NC(Cc2ccc3ccccc3c2)C(=O)N1c1cc(Cl)cc(Cl)c1. The number of amides is 3. The number of urea groups is 1. The predicted octanol–water partition coefficient (Wildman–Crippen LogP) is 4.81. The highest BCUT2D eigenvalue weighted by Crippen LogP contribution is 2.28. The molecule has 6 heteroatoms. The Morgan fingerprint density at radius 1 is 0.885 bits per heavy atom. The number of benzene rings is 3. The second kappa shape index (κ2) is 6.63. The van der Waals surface area contributed by atoms with Crippen molar-refractivity contribution in [2.75, 3.05) is 4.90 Å². The van der Waals surface area contributed by atoms with Gasteiger partial charge in [-0.1, -0.05) is 65.7 Å². The average molecular weight is 385 g/mol. The molecule has 0 aromatic heterocycles. The number of hydrogen-bond donors (Lipinski definition) is 1. The zero-order valence-corrected chi connectivity index (χ0v) is 15.1. The molecule has 1 aliphatic rings. The lowest BCUT2D eigenvalue weighted by atomic mass is 10.0. The standard InChI is InChI=1S/C20H14Cl2N2O2/c21-15-9-16(22)11-17(10-15)24-19(25)18(23-20(24)26)8-12-5-6-13-3-1-2-4-14(13)7-12/h1-7,9-11,18H,8H2,(H,23,26). The molecule has 1 fully saturated rings. The number of nitrogens with one attached hydrogen (secondary N) is 1. The summed E-state index contributed by atoms with van der Waals surface area (Å²) in [5.41, 5.74) is 1.35. The summed E-state index contributed by atoms with van der Waals surface area (Å²) >= 11 is 12.0. The smallest absolute Gasteiger partial charge is 0.325 e. The lowest BCUT2D eigenvalue weighted by Crippen LogP contribution is -2.32. The van der Waals surface area contributed by atoms with Crippen LogP contribution < -0.4 is 10.2 Å². The van der Waals surface area contributed by atoms with Crippen LogP contribution in [0.4, 0.5) is 10.5 Å². The monoisotopic (exact) mass is 384 g/mol. The van der Waals surface area contributed by atoms with E-state index in [2.05, 4.69) is 5.32 Å². The average Bonchev–Trinajstić information content (AvgIpc) is 2.87. The maximum Gasteiger partial charge on any atom is 0.329 e. The van der Waals surface area contributed by atoms with Gasteiger partial charge in [0.25, 0.3) is 5.91 Å². The first-order valence-corrected chi connectivity index (χ1v) is 8.85. The first-order valence-electron chi connectivity index (χ1n) is 8.09. The maximum absolute atomic E-state index is 12.8. The van der Waals surface area contributed by atoms with Crippen LogP contribution in [0.5, 0.6) is 0 Å². The molecule has 3 amide bonds. The van der Waals surface area contributed by atoms with Gasteiger partial charge >= 0.3 is 6.03 Å². The number of carbonyl (C=O) groups is 2. The van der Waals surface area contributed by atoms with Gasteiger partial charge in [0.15, 0.2) is 0 Å². The zero-order valence-electron chi connectivity index (χ0n) is 13.6. The van der Waals surface area contributed by atoms with Crippen molar-refractivity contribution in [1.29, 1.82) is 0 Å². The zero-order chi connectivity index (χ0) is 18.3. The number of carbonyl (C=O) groups excluding carboxylic acids is 2. The van der Waals surface area contributed by atoms with Crippen molar-refractivity contribution < 1.29 is 9.59 Å². The van der Waals surface area contributed by atoms with Gasteiger partial charge in [0.1, 0.15) is 6.04 Å². The van der Waals surface area contributed by atoms with Crippen molar-refractivity contribution in [3.8, 4) is 0 Å². The number of halogens is 2. The molecule has 4 rings (SSSR count). The van der Waals surface area contributed by atoms with Crippen LogP contribution in [0.3, 0.4) is 0 Å². The van der Waals surface area contributed by atoms with E-state index in [0.717, 1.165) is 21.2 Å². The number of anilines is 1. The molecule has 1 aliphatic heterocycles. The minimum absolute atomic E-state index is 0.318. The Bertz CT molecular complexity index is 1010. The van der Waals surface area contributed by atoms with Crippen LogP contribution in [0.2, 0.25) is 10.0 Å². The van der Waals surface area contributed by atoms with Crippen molar-refractivity contribution >= 4 is 51.6 Å². The van der Waals surface area contributed by atoms with Gasteiger partial charge < -0.3 is 5.32 Å². The van der Waals surface area contributed by atoms with Gasteiger partial charge in [0.05, 0.1) is 5.69 Å². The van der Waals surface area contributed by atoms with Crippen molar-refractivity contribution in [1.82, 2.24) is 5.32 Å². The number of fused-ring (bicyclic) bond motifs is 1. The Hall–Kier alpha value is -2.56. The number of imide groups is 1. The molecule has 130 valence electrons. The molecular formula is C20H14Cl2N2O2. The van der Waals surface area contributed by atoms with E-state index in [1.807, 2.05) is 42.5 Å². The van der Waals surface area contributed by atoms with Crippen LogP contribution in [-0.4, -0.2) is 18.0 Å². The minimum atomic E-state index is -0.624. The summed E-state index contributed by atoms with van der Waals surface area (Å²) in [5, 5.41) is 5.70. The fourth-order valence-corrected chi connectivity index (χ4v) is 3.70. The Labute approximate surface area is 160 Å². The Morgan fingerprint density at radius 3 is 2.31 bits per heavy atom. The topological polar surface area (TPSA) is 49.4 Å². The lowest BCUT2D eigenvalue weighted by molar-refractivity contribution is -0.118. The quantitative estimate of drug-likeness (QED) is 0.658. The third-order valence-corrected chi connectivity index (χ3v) is 4.81. The van der Waals surface area contributed by atoms with Crippen LogP contribution in [0.15, 0.2) is 60.7 Å². The number of nitrogens with zero attached hydrogens (tertiary/aromatic N) is 1. The van der Waals surface area contributed by atoms with E-state index in [9.17, 15) is 9.59 Å². The molecule has 1 unspecified atom stereocenters. The van der Waals surface area contributed by atoms with E-state index < -0.39 is 12.1 Å². The summed E-state index contributed by atoms with van der Waals surface area (Å²) in [6.07, 6.45) is 0.417. The van der Waals surface area contributed by atoms with E-state index >= 15 is 0 Å². The van der Waals surface area contributed by atoms with Crippen molar-refractivity contribution in [3.63, 3.8) is 0 Å². The van der Waals surface area contributed by atoms with Crippen LogP contribution in [0, 0.1) is 0 Å². The summed E-state index contributed by atoms with van der Waals surface area (Å²) in [4.78, 5) is 26.2. The van der Waals surface area contributed by atoms with E-state index in [0.29, 0.717) is 22.2 Å². The van der Waals surface area contributed by atoms with Crippen LogP contribution >= 0.6 is 23.2 Å². The molecule has 3 aromatic rings. The molecular weight excluding hydrogens is 371 g/mol. The molecule has 3 aromatic carbocycles. The second-order valence-electron chi connectivity index (χ2n) is 6.19. The highest BCUT2D eigenvalue weighted by Gasteiger charge is 2.39. The third-order valence-electron chi connectivity index (χ3n) is 4.38. The highest BCUT2D eigenvalue weighted by molar-refractivity contribution is 6.35. The molecule has 1 heterocycles. The van der Waals surface area contributed by atoms with E-state index in [-0.39, 0.29) is 5.91 Å². The van der Waals surface area contributed by atoms with E-state index in [4.69, 9.17) is 23.2 Å². The van der Waals surface area contributed by atoms with Crippen molar-refractivity contribution in [3.05, 3.63) is 76.3 Å². The first kappa shape index (κ1) is 16.9. The largest absolute Gasteiger partial charge is 0.329 e. The van der Waals surface area contributed by atoms with Crippen molar-refractivity contribution in [2.45, 2.75) is 12.5 Å². The number of hydrogen-bond acceptors (Lipinski definition) is 2. The fraction of sp³-hybridized carbons (Fsp3) is 0.100. The first-order chi connectivity index (χ1) is 12.5. The molecule has 26 heavy (non-hydrogen) atoms. The summed E-state index contributed by atoms with van der Waals surface area (Å²) in [6.45, 7) is 0. The highest BCUT2D eigenvalue weighted by atomic mass is 35.5. The maximum atomic E-state index is 12.8. The summed E-state index contributed by atoms with van der Waals surface area (Å²) in [7, 11) is 0.